The number of carbonyl (C=O) groups is 4. The minimum Gasteiger partial charge on any atom is -0.365 e. The third-order valence-corrected chi connectivity index (χ3v) is 16.3. The number of pyridine rings is 1. The summed E-state index contributed by atoms with van der Waals surface area (Å²) < 4.78 is 36.7. The first kappa shape index (κ1) is 56.9. The van der Waals surface area contributed by atoms with Gasteiger partial charge < -0.3 is 35.6 Å². The van der Waals surface area contributed by atoms with Crippen LogP contribution in [0.1, 0.15) is 98.5 Å². The number of hydrogen-bond acceptors (Lipinski definition) is 8. The van der Waals surface area contributed by atoms with Crippen LogP contribution >= 0.6 is 0 Å². The van der Waals surface area contributed by atoms with E-state index in [4.69, 9.17) is 10.7 Å². The highest BCUT2D eigenvalue weighted by molar-refractivity contribution is 7.85. The fourth-order valence-electron chi connectivity index (χ4n) is 10.9. The molecule has 3 aromatic carbocycles. The van der Waals surface area contributed by atoms with Crippen molar-refractivity contribution in [2.45, 2.75) is 77.6 Å². The summed E-state index contributed by atoms with van der Waals surface area (Å²) >= 11 is 0. The Hall–Kier alpha value is -6.79. The molecular formula is C59H78N9O7S+3. The van der Waals surface area contributed by atoms with E-state index in [1.807, 2.05) is 83.6 Å². The fraction of sp³-hybridized carbons (Fsp3) is 0.424. The quantitative estimate of drug-likeness (QED) is 0.0117. The van der Waals surface area contributed by atoms with Crippen LogP contribution < -0.4 is 26.6 Å². The molecule has 4 aliphatic heterocycles. The van der Waals surface area contributed by atoms with E-state index < -0.39 is 10.1 Å². The van der Waals surface area contributed by atoms with E-state index in [0.717, 1.165) is 89.4 Å². The van der Waals surface area contributed by atoms with Crippen molar-refractivity contribution in [3.8, 4) is 0 Å². The predicted octanol–water partition coefficient (Wildman–Crippen LogP) is 6.88. The number of aromatic nitrogens is 1. The highest BCUT2D eigenvalue weighted by Gasteiger charge is 2.49. The van der Waals surface area contributed by atoms with Crippen LogP contribution in [-0.4, -0.2) is 146 Å². The number of quaternary nitrogens is 2. The predicted molar refractivity (Wildman–Crippen MR) is 301 cm³/mol. The number of anilines is 2. The van der Waals surface area contributed by atoms with Crippen LogP contribution in [0.4, 0.5) is 17.1 Å². The molecule has 2 bridgehead atoms. The summed E-state index contributed by atoms with van der Waals surface area (Å²) in [7, 11) is -2.07. The maximum Gasteiger partial charge on any atom is 0.272 e. The molecule has 8 rings (SSSR count). The summed E-state index contributed by atoms with van der Waals surface area (Å²) in [5.74, 6) is -1.12. The third-order valence-electron chi connectivity index (χ3n) is 15.5. The first-order chi connectivity index (χ1) is 36.3. The van der Waals surface area contributed by atoms with E-state index in [1.165, 1.54) is 11.1 Å². The Bertz CT molecular complexity index is 2940. The van der Waals surface area contributed by atoms with Crippen LogP contribution in [0.3, 0.4) is 0 Å². The van der Waals surface area contributed by atoms with Gasteiger partial charge >= 0.3 is 0 Å². The molecule has 4 aliphatic rings. The van der Waals surface area contributed by atoms with E-state index in [1.54, 1.807) is 12.3 Å². The molecule has 3 fully saturated rings. The smallest absolute Gasteiger partial charge is 0.272 e. The topological polar surface area (TPSA) is 204 Å². The molecule has 0 atom stereocenters. The summed E-state index contributed by atoms with van der Waals surface area (Å²) in [5.41, 5.74) is 14.5. The van der Waals surface area contributed by atoms with Crippen molar-refractivity contribution in [3.63, 3.8) is 0 Å². The zero-order valence-corrected chi connectivity index (χ0v) is 45.8. The van der Waals surface area contributed by atoms with Gasteiger partial charge in [0.2, 0.25) is 17.5 Å². The van der Waals surface area contributed by atoms with Gasteiger partial charge in [0.1, 0.15) is 45.8 Å². The fourth-order valence-corrected chi connectivity index (χ4v) is 11.4. The Morgan fingerprint density at radius 2 is 1.55 bits per heavy atom. The van der Waals surface area contributed by atoms with Crippen LogP contribution in [0.15, 0.2) is 121 Å². The van der Waals surface area contributed by atoms with E-state index in [2.05, 4.69) is 85.9 Å². The minimum atomic E-state index is -4.13. The number of carbonyl (C=O) groups excluding carboxylic acids is 4. The lowest BCUT2D eigenvalue weighted by Crippen LogP contribution is -2.76. The molecule has 6 N–H and O–H groups in total. The highest BCUT2D eigenvalue weighted by atomic mass is 32.2. The van der Waals surface area contributed by atoms with Crippen LogP contribution in [0.25, 0.3) is 5.57 Å². The Kier molecular flexibility index (Phi) is 19.0. The number of fused-ring (bicyclic) bond motifs is 4. The molecule has 17 heteroatoms. The number of allylic oxidation sites excluding steroid dienone is 6. The molecule has 0 saturated carbocycles. The van der Waals surface area contributed by atoms with E-state index >= 15 is 0 Å². The highest BCUT2D eigenvalue weighted by Crippen LogP contribution is 2.46. The standard InChI is InChI=1S/C59H75N9O7S/c1-44(2)49-16-8-10-18-52(49)66(32-14-40-76(73,74)75)31-13-15-46(24-28-54-59(3,4)50-17-9-11-19-53(50)65(54)5)51-27-23-47(41-62-51)58(72)61-30-12-6-7-20-56(70)63-42-57(71)64-48-25-21-45(22-26-48)29-33-67-34-37-68(38-35-67,39-36-67)43-55(60)69/h8-11,13,15-19,21-28,31,41,44H,6-7,12,14,20,29-30,32-40,42-43H2,1-5H3,(H3-3,60,61,63,64,69,70,71,72,73,74,75)/p+3. The van der Waals surface area contributed by atoms with Crippen LogP contribution in [0.2, 0.25) is 0 Å². The monoisotopic (exact) mass is 1060 g/mol. The van der Waals surface area contributed by atoms with Crippen LogP contribution in [-0.2, 0) is 36.3 Å². The van der Waals surface area contributed by atoms with Crippen molar-refractivity contribution in [2.24, 2.45) is 5.73 Å². The van der Waals surface area contributed by atoms with Gasteiger partial charge in [-0.1, -0.05) is 88.7 Å². The second-order valence-electron chi connectivity index (χ2n) is 21.6. The Labute approximate surface area is 449 Å². The maximum atomic E-state index is 13.3. The van der Waals surface area contributed by atoms with E-state index in [-0.39, 0.29) is 60.1 Å². The third kappa shape index (κ3) is 15.2. The molecule has 0 radical (unpaired) electrons. The maximum absolute atomic E-state index is 13.3. The number of unbranched alkanes of at least 4 members (excludes halogenated alkanes) is 2. The SMILES string of the molecule is CC(C)c1ccccc1[N+](=CC=CC(=CC=C1N(C)c2ccccc2C1(C)C)c1ccc(C(=O)NCCCCCC(=O)NCC(=O)Nc2ccc(CC[N+]34CC[N+](CC(N)=O)(CC3)CC4)cc2)cn1)CCCS(=O)(=O)O. The zero-order valence-electron chi connectivity index (χ0n) is 45.0. The Morgan fingerprint density at radius 3 is 2.22 bits per heavy atom. The van der Waals surface area contributed by atoms with Gasteiger partial charge in [0.25, 0.3) is 21.9 Å². The number of benzene rings is 3. The number of nitrogens with one attached hydrogen (secondary N) is 3. The largest absolute Gasteiger partial charge is 0.365 e. The normalized spacial score (nSPS) is 19.8. The minimum absolute atomic E-state index is 0.124. The van der Waals surface area contributed by atoms with Gasteiger partial charge in [-0.3, -0.25) is 28.7 Å². The number of nitrogens with zero attached hydrogens (tertiary/aromatic N) is 5. The molecule has 0 unspecified atom stereocenters. The zero-order chi connectivity index (χ0) is 54.5. The second-order valence-corrected chi connectivity index (χ2v) is 23.1. The van der Waals surface area contributed by atoms with Gasteiger partial charge in [0, 0.05) is 84.8 Å². The molecule has 4 amide bonds. The Balaban J connectivity index is 0.884. The molecule has 1 aromatic heterocycles. The van der Waals surface area contributed by atoms with Crippen molar-refractivity contribution >= 4 is 62.6 Å². The molecule has 4 aromatic rings. The number of para-hydroxylation sites is 2. The summed E-state index contributed by atoms with van der Waals surface area (Å²) in [6.07, 6.45) is 14.9. The molecule has 0 aliphatic carbocycles. The molecule has 5 heterocycles. The van der Waals surface area contributed by atoms with E-state index in [9.17, 15) is 32.1 Å². The summed E-state index contributed by atoms with van der Waals surface area (Å²) in [5, 5.41) is 8.55. The van der Waals surface area contributed by atoms with Gasteiger partial charge in [-0.2, -0.15) is 13.0 Å². The molecule has 0 spiro atoms. The van der Waals surface area contributed by atoms with Crippen molar-refractivity contribution in [2.75, 3.05) is 95.0 Å². The van der Waals surface area contributed by atoms with Gasteiger partial charge in [-0.15, -0.1) is 0 Å². The van der Waals surface area contributed by atoms with Crippen molar-refractivity contribution < 1.29 is 45.7 Å². The van der Waals surface area contributed by atoms with Gasteiger partial charge in [-0.25, -0.2) is 0 Å². The van der Waals surface area contributed by atoms with Crippen molar-refractivity contribution in [3.05, 3.63) is 149 Å². The molecule has 3 saturated heterocycles. The lowest BCUT2D eigenvalue weighted by Gasteiger charge is -2.55. The first-order valence-corrected chi connectivity index (χ1v) is 28.3. The number of nitrogens with two attached hydrogens (primary N) is 1. The van der Waals surface area contributed by atoms with Gasteiger partial charge in [0.15, 0.2) is 12.8 Å². The Morgan fingerprint density at radius 1 is 0.855 bits per heavy atom. The van der Waals surface area contributed by atoms with E-state index in [0.29, 0.717) is 55.8 Å². The van der Waals surface area contributed by atoms with Gasteiger partial charge in [0.05, 0.1) is 30.1 Å². The van der Waals surface area contributed by atoms with Gasteiger partial charge in [-0.05, 0) is 72.4 Å². The molecule has 16 nitrogen and oxygen atoms in total. The number of amides is 4. The molecule has 76 heavy (non-hydrogen) atoms. The first-order valence-electron chi connectivity index (χ1n) is 26.7. The number of rotatable bonds is 25. The number of primary amides is 1. The van der Waals surface area contributed by atoms with Crippen molar-refractivity contribution in [1.29, 1.82) is 0 Å². The number of likely N-dealkylation sites (N-methyl/N-ethyl adjacent to an activating group) is 1. The lowest BCUT2D eigenvalue weighted by molar-refractivity contribution is -1.08. The van der Waals surface area contributed by atoms with Crippen LogP contribution in [0.5, 0.6) is 0 Å². The average Bonchev–Trinajstić information content (AvgIpc) is 3.64. The molecule has 404 valence electrons. The number of piperazine rings is 3. The summed E-state index contributed by atoms with van der Waals surface area (Å²) in [4.78, 5) is 57.0. The average molecular weight is 1060 g/mol. The summed E-state index contributed by atoms with van der Waals surface area (Å²) in [6, 6.07) is 27.8. The van der Waals surface area contributed by atoms with Crippen molar-refractivity contribution in [1.82, 2.24) is 15.6 Å². The summed E-state index contributed by atoms with van der Waals surface area (Å²) in [6.45, 7) is 17.0. The number of hydrogen-bond donors (Lipinski definition) is 5. The van der Waals surface area contributed by atoms with Crippen LogP contribution in [0, 0.1) is 0 Å². The lowest BCUT2D eigenvalue weighted by atomic mass is 9.83. The second kappa shape index (κ2) is 25.4. The molecular weight excluding hydrogens is 979 g/mol.